The van der Waals surface area contributed by atoms with E-state index in [1.54, 1.807) is 12.4 Å². The van der Waals surface area contributed by atoms with E-state index in [0.29, 0.717) is 0 Å². The highest BCUT2D eigenvalue weighted by Gasteiger charge is 2.36. The lowest BCUT2D eigenvalue weighted by Crippen LogP contribution is -2.49. The van der Waals surface area contributed by atoms with E-state index in [-0.39, 0.29) is 5.78 Å². The minimum atomic E-state index is -0.671. The average Bonchev–Trinajstić information content (AvgIpc) is 2.47. The van der Waals surface area contributed by atoms with Crippen molar-refractivity contribution < 1.29 is 4.79 Å². The number of carbonyl (C=O) groups is 1. The second kappa shape index (κ2) is 4.74. The van der Waals surface area contributed by atoms with E-state index >= 15 is 0 Å². The predicted molar refractivity (Wildman–Crippen MR) is 76.1 cm³/mol. The fourth-order valence-electron chi connectivity index (χ4n) is 3.00. The molecule has 0 atom stereocenters. The number of carbonyl (C=O) groups excluding carboxylic acids is 1. The highest BCUT2D eigenvalue weighted by molar-refractivity contribution is 6.12. The van der Waals surface area contributed by atoms with Crippen molar-refractivity contribution in [3.63, 3.8) is 0 Å². The van der Waals surface area contributed by atoms with Crippen LogP contribution in [0.3, 0.4) is 0 Å². The number of rotatable bonds is 2. The summed E-state index contributed by atoms with van der Waals surface area (Å²) < 4.78 is 0. The molecule has 0 spiro atoms. The molecule has 1 saturated carbocycles. The molecule has 19 heavy (non-hydrogen) atoms. The van der Waals surface area contributed by atoms with Gasteiger partial charge in [-0.05, 0) is 24.3 Å². The third-order valence-corrected chi connectivity index (χ3v) is 4.12. The summed E-state index contributed by atoms with van der Waals surface area (Å²) in [5, 5.41) is 1.95. The molecule has 3 rings (SSSR count). The first kappa shape index (κ1) is 12.3. The molecule has 0 aliphatic heterocycles. The summed E-state index contributed by atoms with van der Waals surface area (Å²) in [6.07, 6.45) is 8.40. The second-order valence-corrected chi connectivity index (χ2v) is 5.45. The van der Waals surface area contributed by atoms with E-state index in [4.69, 9.17) is 5.73 Å². The zero-order valence-electron chi connectivity index (χ0n) is 10.9. The predicted octanol–water partition coefficient (Wildman–Crippen LogP) is 3.08. The van der Waals surface area contributed by atoms with Crippen LogP contribution >= 0.6 is 0 Å². The summed E-state index contributed by atoms with van der Waals surface area (Å²) in [5.74, 6) is 0.0870. The van der Waals surface area contributed by atoms with Crippen molar-refractivity contribution in [2.45, 2.75) is 37.6 Å². The fraction of sp³-hybridized carbons (Fsp3) is 0.375. The van der Waals surface area contributed by atoms with Crippen LogP contribution in [0.5, 0.6) is 0 Å². The molecule has 2 N–H and O–H groups in total. The molecule has 1 aliphatic carbocycles. The average molecular weight is 254 g/mol. The van der Waals surface area contributed by atoms with Crippen molar-refractivity contribution in [2.75, 3.05) is 0 Å². The minimum absolute atomic E-state index is 0.0870. The quantitative estimate of drug-likeness (QED) is 0.838. The summed E-state index contributed by atoms with van der Waals surface area (Å²) in [4.78, 5) is 16.9. The van der Waals surface area contributed by atoms with E-state index in [0.717, 1.165) is 42.0 Å². The van der Waals surface area contributed by atoms with Crippen LogP contribution in [0.4, 0.5) is 0 Å². The first-order valence-corrected chi connectivity index (χ1v) is 6.87. The van der Waals surface area contributed by atoms with Gasteiger partial charge in [0, 0.05) is 23.3 Å². The largest absolute Gasteiger partial charge is 0.319 e. The Labute approximate surface area is 112 Å². The molecule has 0 unspecified atom stereocenters. The van der Waals surface area contributed by atoms with Gasteiger partial charge in [-0.1, -0.05) is 37.5 Å². The Morgan fingerprint density at radius 1 is 1.16 bits per heavy atom. The molecule has 3 nitrogen and oxygen atoms in total. The van der Waals surface area contributed by atoms with Gasteiger partial charge in [0.15, 0.2) is 5.78 Å². The van der Waals surface area contributed by atoms with Crippen LogP contribution in [0.15, 0.2) is 36.7 Å². The maximum absolute atomic E-state index is 12.8. The Hall–Kier alpha value is -1.74. The maximum atomic E-state index is 12.8. The van der Waals surface area contributed by atoms with E-state index in [1.807, 2.05) is 24.3 Å². The van der Waals surface area contributed by atoms with Crippen LogP contribution in [-0.2, 0) is 0 Å². The van der Waals surface area contributed by atoms with Gasteiger partial charge in [-0.2, -0.15) is 0 Å². The molecule has 2 aromatic rings. The molecule has 1 aromatic carbocycles. The summed E-state index contributed by atoms with van der Waals surface area (Å²) in [7, 11) is 0. The van der Waals surface area contributed by atoms with E-state index < -0.39 is 5.54 Å². The van der Waals surface area contributed by atoms with Gasteiger partial charge in [-0.3, -0.25) is 9.78 Å². The molecule has 0 saturated heterocycles. The molecule has 1 aliphatic rings. The Morgan fingerprint density at radius 3 is 2.74 bits per heavy atom. The van der Waals surface area contributed by atoms with Gasteiger partial charge < -0.3 is 5.73 Å². The first-order valence-electron chi connectivity index (χ1n) is 6.87. The lowest BCUT2D eigenvalue weighted by atomic mass is 9.77. The lowest BCUT2D eigenvalue weighted by Gasteiger charge is -2.32. The van der Waals surface area contributed by atoms with Gasteiger partial charge >= 0.3 is 0 Å². The number of benzene rings is 1. The Kier molecular flexibility index (Phi) is 3.07. The van der Waals surface area contributed by atoms with Crippen molar-refractivity contribution in [3.05, 3.63) is 42.2 Å². The van der Waals surface area contributed by atoms with Crippen LogP contribution in [0.25, 0.3) is 10.8 Å². The van der Waals surface area contributed by atoms with Crippen LogP contribution in [0, 0.1) is 0 Å². The molecule has 0 bridgehead atoms. The number of ketones is 1. The zero-order chi connectivity index (χ0) is 13.3. The molecule has 3 heteroatoms. The standard InChI is InChI=1S/C16H18N2O/c17-16(8-2-1-3-9-16)15(19)14-6-4-5-12-11-18-10-7-13(12)14/h4-7,10-11H,1-3,8-9,17H2. The SMILES string of the molecule is NC1(C(=O)c2cccc3cnccc23)CCCCC1. The number of hydrogen-bond donors (Lipinski definition) is 1. The smallest absolute Gasteiger partial charge is 0.183 e. The van der Waals surface area contributed by atoms with Crippen molar-refractivity contribution >= 4 is 16.6 Å². The van der Waals surface area contributed by atoms with Gasteiger partial charge in [0.2, 0.25) is 0 Å². The Bertz CT molecular complexity index is 610. The number of pyridine rings is 1. The number of fused-ring (bicyclic) bond motifs is 1. The van der Waals surface area contributed by atoms with Gasteiger partial charge in [0.25, 0.3) is 0 Å². The molecule has 1 aromatic heterocycles. The molecule has 1 fully saturated rings. The van der Waals surface area contributed by atoms with Gasteiger partial charge in [-0.25, -0.2) is 0 Å². The van der Waals surface area contributed by atoms with E-state index in [2.05, 4.69) is 4.98 Å². The fourth-order valence-corrected chi connectivity index (χ4v) is 3.00. The second-order valence-electron chi connectivity index (χ2n) is 5.45. The highest BCUT2D eigenvalue weighted by atomic mass is 16.1. The first-order chi connectivity index (χ1) is 9.21. The summed E-state index contributed by atoms with van der Waals surface area (Å²) in [5.41, 5.74) is 6.43. The number of Topliss-reactive ketones (excluding diaryl/α,β-unsaturated/α-hetero) is 1. The molecule has 1 heterocycles. The molecular formula is C16H18N2O. The third kappa shape index (κ3) is 2.15. The van der Waals surface area contributed by atoms with E-state index in [9.17, 15) is 4.79 Å². The summed E-state index contributed by atoms with van der Waals surface area (Å²) in [6, 6.07) is 7.66. The highest BCUT2D eigenvalue weighted by Crippen LogP contribution is 2.31. The Balaban J connectivity index is 2.06. The van der Waals surface area contributed by atoms with Crippen molar-refractivity contribution in [2.24, 2.45) is 5.73 Å². The van der Waals surface area contributed by atoms with Crippen molar-refractivity contribution in [3.8, 4) is 0 Å². The number of nitrogens with zero attached hydrogens (tertiary/aromatic N) is 1. The lowest BCUT2D eigenvalue weighted by molar-refractivity contribution is 0.0849. The molecule has 98 valence electrons. The van der Waals surface area contributed by atoms with Crippen LogP contribution in [0.2, 0.25) is 0 Å². The van der Waals surface area contributed by atoms with Gasteiger partial charge in [0.1, 0.15) is 0 Å². The van der Waals surface area contributed by atoms with Crippen LogP contribution in [-0.4, -0.2) is 16.3 Å². The monoisotopic (exact) mass is 254 g/mol. The molecule has 0 radical (unpaired) electrons. The zero-order valence-corrected chi connectivity index (χ0v) is 10.9. The van der Waals surface area contributed by atoms with E-state index in [1.165, 1.54) is 6.42 Å². The Morgan fingerprint density at radius 2 is 1.95 bits per heavy atom. The maximum Gasteiger partial charge on any atom is 0.183 e. The molecule has 0 amide bonds. The number of nitrogens with two attached hydrogens (primary N) is 1. The molecular weight excluding hydrogens is 236 g/mol. The van der Waals surface area contributed by atoms with Crippen molar-refractivity contribution in [1.82, 2.24) is 4.98 Å². The topological polar surface area (TPSA) is 56.0 Å². The van der Waals surface area contributed by atoms with Crippen LogP contribution < -0.4 is 5.73 Å². The van der Waals surface area contributed by atoms with Gasteiger partial charge in [-0.15, -0.1) is 0 Å². The van der Waals surface area contributed by atoms with Crippen molar-refractivity contribution in [1.29, 1.82) is 0 Å². The van der Waals surface area contributed by atoms with Crippen LogP contribution in [0.1, 0.15) is 42.5 Å². The normalized spacial score (nSPS) is 18.4. The minimum Gasteiger partial charge on any atom is -0.319 e. The number of hydrogen-bond acceptors (Lipinski definition) is 3. The third-order valence-electron chi connectivity index (χ3n) is 4.12. The van der Waals surface area contributed by atoms with Gasteiger partial charge in [0.05, 0.1) is 5.54 Å². The number of aromatic nitrogens is 1. The summed E-state index contributed by atoms with van der Waals surface area (Å²) in [6.45, 7) is 0. The summed E-state index contributed by atoms with van der Waals surface area (Å²) >= 11 is 0.